The lowest BCUT2D eigenvalue weighted by Crippen LogP contribution is -2.54. The highest BCUT2D eigenvalue weighted by Crippen LogP contribution is 2.57. The van der Waals surface area contributed by atoms with Gasteiger partial charge in [0, 0.05) is 23.6 Å². The Balaban J connectivity index is 1.66. The maximum Gasteiger partial charge on any atom is 0.435 e. The van der Waals surface area contributed by atoms with Crippen molar-refractivity contribution in [3.63, 3.8) is 0 Å². The lowest BCUT2D eigenvalue weighted by molar-refractivity contribution is -0.348. The molecule has 0 radical (unpaired) electrons. The number of alkyl halides is 7. The Bertz CT molecular complexity index is 1670. The minimum absolute atomic E-state index is 0.0575. The molecule has 2 unspecified atom stereocenters. The minimum atomic E-state index is -6.38. The summed E-state index contributed by atoms with van der Waals surface area (Å²) in [5, 5.41) is 9.34. The van der Waals surface area contributed by atoms with Crippen LogP contribution < -0.4 is 0 Å². The molecule has 1 N–H and O–H groups in total. The number of aliphatic carboxylic acids is 1. The zero-order valence-corrected chi connectivity index (χ0v) is 24.4. The predicted molar refractivity (Wildman–Crippen MR) is 143 cm³/mol. The number of allylic oxidation sites excluding steroid dienone is 1. The standard InChI is InChI=1S/C30H27F8NO5S/c1-16-13-18(26(41)42)5-8-22(16)25(40)39-12-11-27(45(43,44)21-4-2-3-20(31)15-21)23-9-7-19(14-17(23)6-10-24(27)39)28(32,29(33,34)35)30(36,37)38/h2-5,7,9,14-16,22,24H,6,8,10-13H2,1H3,(H,41,42)/t16-,22+,24?,27?/m0/s1. The van der Waals surface area contributed by atoms with Crippen molar-refractivity contribution >= 4 is 21.7 Å². The smallest absolute Gasteiger partial charge is 0.435 e. The number of hydrogen-bond donors (Lipinski definition) is 1. The molecule has 1 heterocycles. The highest BCUT2D eigenvalue weighted by Gasteiger charge is 2.74. The van der Waals surface area contributed by atoms with Crippen LogP contribution in [0.5, 0.6) is 0 Å². The lowest BCUT2D eigenvalue weighted by atomic mass is 9.76. The highest BCUT2D eigenvalue weighted by atomic mass is 32.2. The maximum atomic E-state index is 15.0. The van der Waals surface area contributed by atoms with Gasteiger partial charge in [0.1, 0.15) is 10.6 Å². The number of amides is 1. The van der Waals surface area contributed by atoms with Crippen LogP contribution in [0.3, 0.4) is 0 Å². The fourth-order valence-electron chi connectivity index (χ4n) is 7.14. The van der Waals surface area contributed by atoms with E-state index in [1.165, 1.54) is 11.0 Å². The first-order valence-corrected chi connectivity index (χ1v) is 15.4. The van der Waals surface area contributed by atoms with E-state index < -0.39 is 78.6 Å². The van der Waals surface area contributed by atoms with E-state index in [1.54, 1.807) is 6.92 Å². The number of hydrogen-bond acceptors (Lipinski definition) is 4. The summed E-state index contributed by atoms with van der Waals surface area (Å²) in [6, 6.07) is 4.15. The predicted octanol–water partition coefficient (Wildman–Crippen LogP) is 6.39. The number of sulfone groups is 1. The Hall–Kier alpha value is -3.49. The number of carbonyl (C=O) groups excluding carboxylic acids is 1. The van der Waals surface area contributed by atoms with E-state index in [2.05, 4.69) is 0 Å². The zero-order valence-electron chi connectivity index (χ0n) is 23.6. The topological polar surface area (TPSA) is 91.8 Å². The van der Waals surface area contributed by atoms with Crippen molar-refractivity contribution in [1.82, 2.24) is 4.90 Å². The summed E-state index contributed by atoms with van der Waals surface area (Å²) in [6.45, 7) is 1.50. The van der Waals surface area contributed by atoms with Gasteiger partial charge in [-0.2, -0.15) is 26.3 Å². The van der Waals surface area contributed by atoms with Crippen LogP contribution >= 0.6 is 0 Å². The van der Waals surface area contributed by atoms with E-state index in [9.17, 15) is 58.2 Å². The Morgan fingerprint density at radius 2 is 1.67 bits per heavy atom. The van der Waals surface area contributed by atoms with Gasteiger partial charge in [0.25, 0.3) is 0 Å². The van der Waals surface area contributed by atoms with Crippen LogP contribution in [0.4, 0.5) is 35.1 Å². The van der Waals surface area contributed by atoms with Crippen molar-refractivity contribution in [3.05, 3.63) is 76.6 Å². The van der Waals surface area contributed by atoms with Gasteiger partial charge in [-0.15, -0.1) is 0 Å². The van der Waals surface area contributed by atoms with Crippen LogP contribution in [0, 0.1) is 17.7 Å². The third-order valence-corrected chi connectivity index (χ3v) is 11.9. The Kier molecular flexibility index (Phi) is 7.90. The summed E-state index contributed by atoms with van der Waals surface area (Å²) in [7, 11) is -4.69. The van der Waals surface area contributed by atoms with Gasteiger partial charge in [-0.3, -0.25) is 4.79 Å². The average Bonchev–Trinajstić information content (AvgIpc) is 3.36. The number of carboxylic acid groups (broad SMARTS) is 1. The largest absolute Gasteiger partial charge is 0.478 e. The number of benzene rings is 2. The van der Waals surface area contributed by atoms with Crippen molar-refractivity contribution in [2.75, 3.05) is 6.54 Å². The van der Waals surface area contributed by atoms with Crippen LogP contribution in [0.2, 0.25) is 0 Å². The summed E-state index contributed by atoms with van der Waals surface area (Å²) >= 11 is 0. The molecule has 15 heteroatoms. The molecule has 6 nitrogen and oxygen atoms in total. The summed E-state index contributed by atoms with van der Waals surface area (Å²) in [5.74, 6) is -3.71. The number of carboxylic acids is 1. The van der Waals surface area contributed by atoms with Gasteiger partial charge in [-0.1, -0.05) is 37.3 Å². The lowest BCUT2D eigenvalue weighted by Gasteiger charge is -2.44. The summed E-state index contributed by atoms with van der Waals surface area (Å²) in [4.78, 5) is 26.2. The summed E-state index contributed by atoms with van der Waals surface area (Å²) < 4.78 is 137. The first-order chi connectivity index (χ1) is 20.8. The fourth-order valence-corrected chi connectivity index (χ4v) is 9.54. The molecule has 1 fully saturated rings. The molecular formula is C30H27F8NO5S. The van der Waals surface area contributed by atoms with E-state index in [0.29, 0.717) is 6.07 Å². The van der Waals surface area contributed by atoms with Crippen LogP contribution in [-0.2, 0) is 36.3 Å². The Labute approximate surface area is 252 Å². The number of likely N-dealkylation sites (tertiary alicyclic amines) is 1. The molecule has 2 aromatic rings. The molecule has 3 aliphatic rings. The molecule has 0 aromatic heterocycles. The van der Waals surface area contributed by atoms with Gasteiger partial charge in [0.05, 0.1) is 10.9 Å². The van der Waals surface area contributed by atoms with Crippen LogP contribution in [-0.4, -0.2) is 55.2 Å². The number of aryl methyl sites for hydroxylation is 1. The second-order valence-corrected chi connectivity index (χ2v) is 14.0. The van der Waals surface area contributed by atoms with E-state index >= 15 is 0 Å². The quantitative estimate of drug-likeness (QED) is 0.374. The second kappa shape index (κ2) is 10.8. The SMILES string of the molecule is C[C@H]1CC(C(=O)O)=CC[C@H]1C(=O)N1CCC2(S(=O)(=O)c3cccc(F)c3)c3ccc(C(F)(C(F)(F)F)C(F)(F)F)cc3CCC12. The molecule has 1 saturated heterocycles. The Morgan fingerprint density at radius 3 is 2.24 bits per heavy atom. The van der Waals surface area contributed by atoms with E-state index in [4.69, 9.17) is 0 Å². The minimum Gasteiger partial charge on any atom is -0.478 e. The zero-order chi connectivity index (χ0) is 33.3. The first-order valence-electron chi connectivity index (χ1n) is 14.0. The van der Waals surface area contributed by atoms with Crippen LogP contribution in [0.1, 0.15) is 49.3 Å². The van der Waals surface area contributed by atoms with E-state index in [-0.39, 0.29) is 61.4 Å². The summed E-state index contributed by atoms with van der Waals surface area (Å²) in [5.41, 5.74) is -7.84. The number of rotatable bonds is 5. The van der Waals surface area contributed by atoms with Gasteiger partial charge in [0.2, 0.25) is 5.91 Å². The number of fused-ring (bicyclic) bond motifs is 3. The Morgan fingerprint density at radius 1 is 1.00 bits per heavy atom. The van der Waals surface area contributed by atoms with Gasteiger partial charge >= 0.3 is 24.0 Å². The molecule has 1 aliphatic heterocycles. The van der Waals surface area contributed by atoms with E-state index in [1.807, 2.05) is 0 Å². The van der Waals surface area contributed by atoms with Gasteiger partial charge in [0.15, 0.2) is 9.84 Å². The fraction of sp³-hybridized carbons (Fsp3) is 0.467. The molecule has 2 aromatic carbocycles. The van der Waals surface area contributed by atoms with Gasteiger partial charge < -0.3 is 10.0 Å². The average molecular weight is 666 g/mol. The van der Waals surface area contributed by atoms with Crippen molar-refractivity contribution < 1.29 is 58.2 Å². The third-order valence-electron chi connectivity index (χ3n) is 9.37. The van der Waals surface area contributed by atoms with E-state index in [0.717, 1.165) is 30.3 Å². The second-order valence-electron chi connectivity index (χ2n) is 11.8. The number of carbonyl (C=O) groups is 2. The first kappa shape index (κ1) is 32.9. The molecule has 0 saturated carbocycles. The van der Waals surface area contributed by atoms with Crippen molar-refractivity contribution in [3.8, 4) is 0 Å². The molecule has 2 aliphatic carbocycles. The van der Waals surface area contributed by atoms with Crippen LogP contribution in [0.25, 0.3) is 0 Å². The van der Waals surface area contributed by atoms with Crippen molar-refractivity contribution in [2.24, 2.45) is 11.8 Å². The molecule has 0 spiro atoms. The normalized spacial score (nSPS) is 25.8. The number of nitrogens with zero attached hydrogens (tertiary/aromatic N) is 1. The molecule has 1 amide bonds. The summed E-state index contributed by atoms with van der Waals surface area (Å²) in [6.07, 6.45) is -12.0. The van der Waals surface area contributed by atoms with Crippen molar-refractivity contribution in [1.29, 1.82) is 0 Å². The monoisotopic (exact) mass is 665 g/mol. The number of halogens is 8. The molecule has 5 rings (SSSR count). The molecule has 4 atom stereocenters. The van der Waals surface area contributed by atoms with Crippen molar-refractivity contribution in [2.45, 2.75) is 72.7 Å². The maximum absolute atomic E-state index is 15.0. The van der Waals surface area contributed by atoms with Crippen LogP contribution in [0.15, 0.2) is 59.0 Å². The van der Waals surface area contributed by atoms with Gasteiger partial charge in [-0.25, -0.2) is 22.0 Å². The molecule has 45 heavy (non-hydrogen) atoms. The molecule has 244 valence electrons. The third kappa shape index (κ3) is 4.92. The molecular weight excluding hydrogens is 638 g/mol. The van der Waals surface area contributed by atoms with Gasteiger partial charge in [-0.05, 0) is 67.3 Å². The molecule has 0 bridgehead atoms. The highest BCUT2D eigenvalue weighted by molar-refractivity contribution is 7.92.